The van der Waals surface area contributed by atoms with E-state index in [1.165, 1.54) is 31.3 Å². The number of nitrogens with zero attached hydrogens (tertiary/aromatic N) is 2. The Labute approximate surface area is 119 Å². The number of carbonyl (C=O) groups excluding carboxylic acids is 1. The highest BCUT2D eigenvalue weighted by molar-refractivity contribution is 6.29. The van der Waals surface area contributed by atoms with Crippen LogP contribution in [0.3, 0.4) is 0 Å². The van der Waals surface area contributed by atoms with Gasteiger partial charge in [0.25, 0.3) is 5.78 Å². The van der Waals surface area contributed by atoms with E-state index >= 15 is 0 Å². The van der Waals surface area contributed by atoms with Gasteiger partial charge in [-0.3, -0.25) is 4.79 Å². The molecule has 0 aliphatic rings. The third-order valence-electron chi connectivity index (χ3n) is 2.51. The van der Waals surface area contributed by atoms with E-state index in [4.69, 9.17) is 17.3 Å². The van der Waals surface area contributed by atoms with Gasteiger partial charge in [-0.2, -0.15) is 13.2 Å². The van der Waals surface area contributed by atoms with Gasteiger partial charge in [0.1, 0.15) is 10.9 Å². The summed E-state index contributed by atoms with van der Waals surface area (Å²) in [6, 6.07) is 3.11. The zero-order valence-corrected chi connectivity index (χ0v) is 11.6. The van der Waals surface area contributed by atoms with Crippen LogP contribution in [-0.2, 0) is 11.2 Å². The van der Waals surface area contributed by atoms with Gasteiger partial charge in [0.2, 0.25) is 0 Å². The predicted molar refractivity (Wildman–Crippen MR) is 68.9 cm³/mol. The first-order valence-electron chi connectivity index (χ1n) is 5.51. The second kappa shape index (κ2) is 6.13. The number of pyridine rings is 1. The van der Waals surface area contributed by atoms with E-state index in [2.05, 4.69) is 4.98 Å². The number of Topliss-reactive ketones (excluding diaryl/α,β-unsaturated/α-hetero) is 1. The van der Waals surface area contributed by atoms with Crippen LogP contribution in [0.2, 0.25) is 5.15 Å². The topological polar surface area (TPSA) is 59.2 Å². The van der Waals surface area contributed by atoms with Crippen LogP contribution >= 0.6 is 11.6 Å². The first-order valence-corrected chi connectivity index (χ1v) is 5.88. The molecule has 0 atom stereocenters. The summed E-state index contributed by atoms with van der Waals surface area (Å²) in [4.78, 5) is 16.4. The summed E-state index contributed by atoms with van der Waals surface area (Å²) in [6.45, 7) is 0. The zero-order chi connectivity index (χ0) is 15.5. The van der Waals surface area contributed by atoms with Gasteiger partial charge in [-0.25, -0.2) is 4.98 Å². The van der Waals surface area contributed by atoms with Crippen molar-refractivity contribution < 1.29 is 18.0 Å². The minimum atomic E-state index is -5.00. The number of carbonyl (C=O) groups is 1. The van der Waals surface area contributed by atoms with Crippen molar-refractivity contribution in [1.82, 2.24) is 9.88 Å². The van der Waals surface area contributed by atoms with Crippen LogP contribution in [0.15, 0.2) is 29.7 Å². The molecule has 0 saturated carbocycles. The molecule has 0 saturated heterocycles. The van der Waals surface area contributed by atoms with E-state index in [-0.39, 0.29) is 17.3 Å². The van der Waals surface area contributed by atoms with Crippen LogP contribution in [0, 0.1) is 0 Å². The number of nitrogens with two attached hydrogens (primary N) is 1. The summed E-state index contributed by atoms with van der Waals surface area (Å²) in [5.41, 5.74) is 5.19. The SMILES string of the molecule is CN(C)C(Cc1ccc(Cl)nc1)=C(N)C(=O)C(F)(F)F. The molecule has 0 amide bonds. The number of halogens is 4. The molecule has 1 aromatic heterocycles. The number of hydrogen-bond donors (Lipinski definition) is 1. The molecule has 0 aliphatic heterocycles. The fourth-order valence-electron chi connectivity index (χ4n) is 1.48. The average molecular weight is 308 g/mol. The Hall–Kier alpha value is -1.76. The Morgan fingerprint density at radius 3 is 2.40 bits per heavy atom. The molecule has 4 nitrogen and oxygen atoms in total. The molecule has 20 heavy (non-hydrogen) atoms. The molecule has 0 fully saturated rings. The van der Waals surface area contributed by atoms with Crippen molar-refractivity contribution in [3.05, 3.63) is 40.4 Å². The van der Waals surface area contributed by atoms with Gasteiger partial charge in [0.05, 0.1) is 0 Å². The molecule has 0 unspecified atom stereocenters. The van der Waals surface area contributed by atoms with Crippen LogP contribution in [0.25, 0.3) is 0 Å². The highest BCUT2D eigenvalue weighted by atomic mass is 35.5. The summed E-state index contributed by atoms with van der Waals surface area (Å²) >= 11 is 5.62. The Balaban J connectivity index is 3.11. The Bertz CT molecular complexity index is 524. The summed E-state index contributed by atoms with van der Waals surface area (Å²) in [5.74, 6) is -2.05. The maximum absolute atomic E-state index is 12.4. The fourth-order valence-corrected chi connectivity index (χ4v) is 1.59. The summed E-state index contributed by atoms with van der Waals surface area (Å²) in [5, 5.41) is 0.267. The number of alkyl halides is 3. The van der Waals surface area contributed by atoms with Crippen LogP contribution in [0.5, 0.6) is 0 Å². The van der Waals surface area contributed by atoms with Crippen molar-refractivity contribution in [3.63, 3.8) is 0 Å². The second-order valence-electron chi connectivity index (χ2n) is 4.25. The van der Waals surface area contributed by atoms with E-state index in [1.807, 2.05) is 0 Å². The van der Waals surface area contributed by atoms with Crippen LogP contribution in [-0.4, -0.2) is 35.9 Å². The van der Waals surface area contributed by atoms with E-state index in [9.17, 15) is 18.0 Å². The normalized spacial score (nSPS) is 12.9. The van der Waals surface area contributed by atoms with Gasteiger partial charge >= 0.3 is 6.18 Å². The highest BCUT2D eigenvalue weighted by Gasteiger charge is 2.41. The molecular weight excluding hydrogens is 295 g/mol. The van der Waals surface area contributed by atoms with Gasteiger partial charge in [-0.1, -0.05) is 17.7 Å². The molecule has 1 aromatic rings. The highest BCUT2D eigenvalue weighted by Crippen LogP contribution is 2.22. The first kappa shape index (κ1) is 16.3. The van der Waals surface area contributed by atoms with Gasteiger partial charge in [-0.15, -0.1) is 0 Å². The predicted octanol–water partition coefficient (Wildman–Crippen LogP) is 2.14. The van der Waals surface area contributed by atoms with Gasteiger partial charge < -0.3 is 10.6 Å². The second-order valence-corrected chi connectivity index (χ2v) is 4.63. The monoisotopic (exact) mass is 307 g/mol. The van der Waals surface area contributed by atoms with E-state index < -0.39 is 17.7 Å². The molecule has 0 aliphatic carbocycles. The maximum atomic E-state index is 12.4. The largest absolute Gasteiger partial charge is 0.456 e. The summed E-state index contributed by atoms with van der Waals surface area (Å²) < 4.78 is 37.2. The quantitative estimate of drug-likeness (QED) is 0.684. The van der Waals surface area contributed by atoms with E-state index in [1.54, 1.807) is 6.07 Å². The first-order chi connectivity index (χ1) is 9.12. The van der Waals surface area contributed by atoms with Crippen molar-refractivity contribution in [2.75, 3.05) is 14.1 Å². The molecule has 1 heterocycles. The van der Waals surface area contributed by atoms with Crippen molar-refractivity contribution in [3.8, 4) is 0 Å². The fraction of sp³-hybridized carbons (Fsp3) is 0.333. The Morgan fingerprint density at radius 2 is 2.00 bits per heavy atom. The molecular formula is C12H13ClF3N3O. The molecule has 0 aromatic carbocycles. The van der Waals surface area contributed by atoms with Gasteiger partial charge in [0, 0.05) is 32.4 Å². The number of rotatable bonds is 4. The van der Waals surface area contributed by atoms with Gasteiger partial charge in [-0.05, 0) is 11.6 Å². The maximum Gasteiger partial charge on any atom is 0.456 e. The summed E-state index contributed by atoms with van der Waals surface area (Å²) in [6.07, 6.45) is -3.54. The molecule has 0 bridgehead atoms. The van der Waals surface area contributed by atoms with Crippen molar-refractivity contribution in [1.29, 1.82) is 0 Å². The Kier molecular flexibility index (Phi) is 4.99. The molecule has 1 rings (SSSR count). The number of aromatic nitrogens is 1. The number of likely N-dealkylation sites (N-methyl/N-ethyl adjacent to an activating group) is 1. The minimum absolute atomic E-state index is 0.0465. The van der Waals surface area contributed by atoms with E-state index in [0.717, 1.165) is 0 Å². The number of ketones is 1. The summed E-state index contributed by atoms with van der Waals surface area (Å²) in [7, 11) is 3.02. The van der Waals surface area contributed by atoms with E-state index in [0.29, 0.717) is 5.56 Å². The van der Waals surface area contributed by atoms with Crippen molar-refractivity contribution in [2.45, 2.75) is 12.6 Å². The van der Waals surface area contributed by atoms with Crippen LogP contribution < -0.4 is 5.73 Å². The standard InChI is InChI=1S/C12H13ClF3N3O/c1-19(2)8(10(17)11(20)12(14,15)16)5-7-3-4-9(13)18-6-7/h3-4,6H,5,17H2,1-2H3. The minimum Gasteiger partial charge on any atom is -0.394 e. The molecule has 2 N–H and O–H groups in total. The lowest BCUT2D eigenvalue weighted by molar-refractivity contribution is -0.166. The number of hydrogen-bond acceptors (Lipinski definition) is 4. The van der Waals surface area contributed by atoms with Crippen molar-refractivity contribution >= 4 is 17.4 Å². The lowest BCUT2D eigenvalue weighted by atomic mass is 10.1. The third-order valence-corrected chi connectivity index (χ3v) is 2.74. The van der Waals surface area contributed by atoms with Crippen LogP contribution in [0.4, 0.5) is 13.2 Å². The lowest BCUT2D eigenvalue weighted by Gasteiger charge is -2.20. The van der Waals surface area contributed by atoms with Crippen LogP contribution in [0.1, 0.15) is 5.56 Å². The van der Waals surface area contributed by atoms with Crippen molar-refractivity contribution in [2.24, 2.45) is 5.73 Å². The average Bonchev–Trinajstić information content (AvgIpc) is 2.35. The third kappa shape index (κ3) is 4.12. The zero-order valence-electron chi connectivity index (χ0n) is 10.8. The smallest absolute Gasteiger partial charge is 0.394 e. The Morgan fingerprint density at radius 1 is 1.40 bits per heavy atom. The molecule has 110 valence electrons. The molecule has 8 heteroatoms. The molecule has 0 radical (unpaired) electrons. The lowest BCUT2D eigenvalue weighted by Crippen LogP contribution is -2.32. The van der Waals surface area contributed by atoms with Gasteiger partial charge in [0.15, 0.2) is 0 Å². The number of allylic oxidation sites excluding steroid dienone is 2. The molecule has 0 spiro atoms.